The molecule has 0 unspecified atom stereocenters. The largest absolute Gasteiger partial charge is 0.383 e. The van der Waals surface area contributed by atoms with Gasteiger partial charge in [0.25, 0.3) is 5.69 Å². The fourth-order valence-corrected chi connectivity index (χ4v) is 2.10. The molecule has 0 saturated heterocycles. The van der Waals surface area contributed by atoms with Gasteiger partial charge < -0.3 is 10.6 Å². The zero-order valence-electron chi connectivity index (χ0n) is 11.6. The molecule has 2 N–H and O–H groups in total. The SMILES string of the molecule is CCNCCNc1ccc([N+](=O)[O-])c2cnc(C)cc12. The molecule has 0 aliphatic carbocycles. The van der Waals surface area contributed by atoms with E-state index in [1.165, 1.54) is 6.07 Å². The Morgan fingerprint density at radius 1 is 1.30 bits per heavy atom. The number of benzene rings is 1. The van der Waals surface area contributed by atoms with E-state index in [1.54, 1.807) is 12.3 Å². The number of anilines is 1. The highest BCUT2D eigenvalue weighted by atomic mass is 16.6. The highest BCUT2D eigenvalue weighted by molar-refractivity contribution is 5.99. The number of pyridine rings is 1. The maximum absolute atomic E-state index is 11.1. The summed E-state index contributed by atoms with van der Waals surface area (Å²) >= 11 is 0. The topological polar surface area (TPSA) is 80.1 Å². The molecule has 1 aromatic heterocycles. The van der Waals surface area contributed by atoms with Crippen molar-refractivity contribution in [1.29, 1.82) is 0 Å². The van der Waals surface area contributed by atoms with Crippen molar-refractivity contribution in [3.63, 3.8) is 0 Å². The highest BCUT2D eigenvalue weighted by Crippen LogP contribution is 2.31. The number of hydrogen-bond acceptors (Lipinski definition) is 5. The fraction of sp³-hybridized carbons (Fsp3) is 0.357. The van der Waals surface area contributed by atoms with E-state index in [4.69, 9.17) is 0 Å². The van der Waals surface area contributed by atoms with Crippen LogP contribution in [0.25, 0.3) is 10.8 Å². The summed E-state index contributed by atoms with van der Waals surface area (Å²) in [6.45, 7) is 6.46. The summed E-state index contributed by atoms with van der Waals surface area (Å²) in [7, 11) is 0. The van der Waals surface area contributed by atoms with E-state index in [0.717, 1.165) is 36.4 Å². The number of fused-ring (bicyclic) bond motifs is 1. The Morgan fingerprint density at radius 3 is 2.80 bits per heavy atom. The number of nitro benzene ring substituents is 1. The molecule has 20 heavy (non-hydrogen) atoms. The number of nitrogens with one attached hydrogen (secondary N) is 2. The lowest BCUT2D eigenvalue weighted by atomic mass is 10.1. The van der Waals surface area contributed by atoms with Crippen molar-refractivity contribution in [2.75, 3.05) is 25.0 Å². The van der Waals surface area contributed by atoms with Crippen molar-refractivity contribution in [2.45, 2.75) is 13.8 Å². The maximum atomic E-state index is 11.1. The van der Waals surface area contributed by atoms with Gasteiger partial charge in [-0.3, -0.25) is 15.1 Å². The van der Waals surface area contributed by atoms with E-state index in [0.29, 0.717) is 5.39 Å². The van der Waals surface area contributed by atoms with Crippen LogP contribution in [0.5, 0.6) is 0 Å². The first-order valence-electron chi connectivity index (χ1n) is 6.62. The van der Waals surface area contributed by atoms with Gasteiger partial charge in [-0.15, -0.1) is 0 Å². The first kappa shape index (κ1) is 14.2. The van der Waals surface area contributed by atoms with Gasteiger partial charge in [-0.25, -0.2) is 0 Å². The number of aromatic nitrogens is 1. The minimum Gasteiger partial charge on any atom is -0.383 e. The number of rotatable bonds is 6. The second kappa shape index (κ2) is 6.29. The van der Waals surface area contributed by atoms with Crippen molar-refractivity contribution >= 4 is 22.1 Å². The van der Waals surface area contributed by atoms with Gasteiger partial charge in [0.2, 0.25) is 0 Å². The van der Waals surface area contributed by atoms with Crippen LogP contribution in [0.4, 0.5) is 11.4 Å². The zero-order chi connectivity index (χ0) is 14.5. The van der Waals surface area contributed by atoms with Gasteiger partial charge in [-0.2, -0.15) is 0 Å². The number of non-ortho nitro benzene ring substituents is 1. The third-order valence-corrected chi connectivity index (χ3v) is 3.08. The van der Waals surface area contributed by atoms with Crippen LogP contribution in [-0.4, -0.2) is 29.5 Å². The van der Waals surface area contributed by atoms with E-state index in [-0.39, 0.29) is 10.6 Å². The number of nitro groups is 1. The van der Waals surface area contributed by atoms with Gasteiger partial charge in [0.15, 0.2) is 0 Å². The molecule has 2 aromatic rings. The summed E-state index contributed by atoms with van der Waals surface area (Å²) < 4.78 is 0. The maximum Gasteiger partial charge on any atom is 0.278 e. The standard InChI is InChI=1S/C14H18N4O2/c1-3-15-6-7-16-13-4-5-14(18(19)20)12-9-17-10(2)8-11(12)13/h4-5,8-9,15-16H,3,6-7H2,1-2H3. The molecule has 0 spiro atoms. The van der Waals surface area contributed by atoms with E-state index >= 15 is 0 Å². The van der Waals surface area contributed by atoms with Crippen molar-refractivity contribution in [3.8, 4) is 0 Å². The van der Waals surface area contributed by atoms with E-state index in [2.05, 4.69) is 22.5 Å². The van der Waals surface area contributed by atoms with Crippen LogP contribution in [0.2, 0.25) is 0 Å². The van der Waals surface area contributed by atoms with Gasteiger partial charge in [-0.1, -0.05) is 6.92 Å². The Labute approximate surface area is 117 Å². The number of aryl methyl sites for hydroxylation is 1. The molecule has 0 saturated carbocycles. The van der Waals surface area contributed by atoms with Gasteiger partial charge >= 0.3 is 0 Å². The van der Waals surface area contributed by atoms with Crippen LogP contribution in [0, 0.1) is 17.0 Å². The monoisotopic (exact) mass is 274 g/mol. The summed E-state index contributed by atoms with van der Waals surface area (Å²) in [4.78, 5) is 14.8. The summed E-state index contributed by atoms with van der Waals surface area (Å²) in [6, 6.07) is 5.15. The summed E-state index contributed by atoms with van der Waals surface area (Å²) in [5, 5.41) is 19.0. The van der Waals surface area contributed by atoms with Crippen molar-refractivity contribution in [1.82, 2.24) is 10.3 Å². The zero-order valence-corrected chi connectivity index (χ0v) is 11.6. The molecule has 106 valence electrons. The van der Waals surface area contributed by atoms with Gasteiger partial charge in [0.05, 0.1) is 10.3 Å². The van der Waals surface area contributed by atoms with Crippen LogP contribution < -0.4 is 10.6 Å². The van der Waals surface area contributed by atoms with Crippen molar-refractivity contribution in [3.05, 3.63) is 40.2 Å². The molecule has 6 heteroatoms. The molecule has 0 bridgehead atoms. The Bertz CT molecular complexity index is 628. The van der Waals surface area contributed by atoms with Crippen LogP contribution in [0.1, 0.15) is 12.6 Å². The van der Waals surface area contributed by atoms with Crippen LogP contribution in [0.15, 0.2) is 24.4 Å². The fourth-order valence-electron chi connectivity index (χ4n) is 2.10. The van der Waals surface area contributed by atoms with Crippen molar-refractivity contribution < 1.29 is 4.92 Å². The molecule has 0 amide bonds. The Balaban J connectivity index is 2.37. The van der Waals surface area contributed by atoms with Crippen LogP contribution >= 0.6 is 0 Å². The summed E-state index contributed by atoms with van der Waals surface area (Å²) in [5.74, 6) is 0. The average Bonchev–Trinajstić information content (AvgIpc) is 2.43. The summed E-state index contributed by atoms with van der Waals surface area (Å²) in [6.07, 6.45) is 1.57. The van der Waals surface area contributed by atoms with E-state index < -0.39 is 0 Å². The quantitative estimate of drug-likeness (QED) is 0.480. The molecule has 6 nitrogen and oxygen atoms in total. The first-order chi connectivity index (χ1) is 9.63. The van der Waals surface area contributed by atoms with Gasteiger partial charge in [-0.05, 0) is 25.6 Å². The lowest BCUT2D eigenvalue weighted by Crippen LogP contribution is -2.21. The smallest absolute Gasteiger partial charge is 0.278 e. The lowest BCUT2D eigenvalue weighted by Gasteiger charge is -2.10. The first-order valence-corrected chi connectivity index (χ1v) is 6.62. The van der Waals surface area contributed by atoms with E-state index in [1.807, 2.05) is 13.0 Å². The number of hydrogen-bond donors (Lipinski definition) is 2. The van der Waals surface area contributed by atoms with Gasteiger partial charge in [0.1, 0.15) is 0 Å². The third-order valence-electron chi connectivity index (χ3n) is 3.08. The Kier molecular flexibility index (Phi) is 4.47. The highest BCUT2D eigenvalue weighted by Gasteiger charge is 2.14. The van der Waals surface area contributed by atoms with Gasteiger partial charge in [0, 0.05) is 42.1 Å². The molecule has 0 atom stereocenters. The second-order valence-electron chi connectivity index (χ2n) is 4.54. The molecule has 0 fully saturated rings. The van der Waals surface area contributed by atoms with E-state index in [9.17, 15) is 10.1 Å². The van der Waals surface area contributed by atoms with Crippen LogP contribution in [-0.2, 0) is 0 Å². The molecule has 0 radical (unpaired) electrons. The van der Waals surface area contributed by atoms with Crippen LogP contribution in [0.3, 0.4) is 0 Å². The molecule has 2 rings (SSSR count). The minimum atomic E-state index is -0.373. The predicted octanol–water partition coefficient (Wildman–Crippen LogP) is 2.47. The summed E-state index contributed by atoms with van der Waals surface area (Å²) in [5.41, 5.74) is 1.83. The predicted molar refractivity (Wildman–Crippen MR) is 80.2 cm³/mol. The molecule has 1 heterocycles. The normalized spacial score (nSPS) is 10.7. The lowest BCUT2D eigenvalue weighted by molar-refractivity contribution is -0.383. The number of likely N-dealkylation sites (N-methyl/N-ethyl adjacent to an activating group) is 1. The molecule has 0 aliphatic rings. The molecular weight excluding hydrogens is 256 g/mol. The number of nitrogens with zero attached hydrogens (tertiary/aromatic N) is 2. The third kappa shape index (κ3) is 3.03. The Morgan fingerprint density at radius 2 is 2.10 bits per heavy atom. The van der Waals surface area contributed by atoms with Crippen molar-refractivity contribution in [2.24, 2.45) is 0 Å². The average molecular weight is 274 g/mol. The second-order valence-corrected chi connectivity index (χ2v) is 4.54. The molecule has 1 aromatic carbocycles. The molecule has 0 aliphatic heterocycles. The minimum absolute atomic E-state index is 0.0877. The molecular formula is C14H18N4O2. The Hall–Kier alpha value is -2.21.